The summed E-state index contributed by atoms with van der Waals surface area (Å²) in [5.74, 6) is 1.73. The number of benzene rings is 2. The SMILES string of the molecule is Cc1cc2c(cc1Cl)nc(N1CCC(C(=O)NC3CCOC3)CC1)n2-c1ccc2cc(Cl)ccc2n1. The van der Waals surface area contributed by atoms with Crippen molar-refractivity contribution in [2.45, 2.75) is 32.2 Å². The topological polar surface area (TPSA) is 72.3 Å². The molecular weight excluding hydrogens is 497 g/mol. The maximum absolute atomic E-state index is 12.8. The van der Waals surface area contributed by atoms with Gasteiger partial charge in [0.1, 0.15) is 5.82 Å². The number of pyridine rings is 1. The molecule has 2 saturated heterocycles. The Bertz CT molecular complexity index is 1460. The van der Waals surface area contributed by atoms with Crippen molar-refractivity contribution in [3.8, 4) is 5.82 Å². The van der Waals surface area contributed by atoms with Crippen molar-refractivity contribution < 1.29 is 9.53 Å². The number of aromatic nitrogens is 3. The average molecular weight is 524 g/mol. The van der Waals surface area contributed by atoms with Gasteiger partial charge in [0.2, 0.25) is 11.9 Å². The molecule has 36 heavy (non-hydrogen) atoms. The van der Waals surface area contributed by atoms with Crippen LogP contribution in [0.15, 0.2) is 42.5 Å². The summed E-state index contributed by atoms with van der Waals surface area (Å²) in [4.78, 5) is 25.0. The number of ether oxygens (including phenoxy) is 1. The molecule has 4 heterocycles. The van der Waals surface area contributed by atoms with E-state index >= 15 is 0 Å². The molecule has 0 aliphatic carbocycles. The van der Waals surface area contributed by atoms with E-state index in [0.29, 0.717) is 16.7 Å². The van der Waals surface area contributed by atoms with Gasteiger partial charge >= 0.3 is 0 Å². The van der Waals surface area contributed by atoms with E-state index < -0.39 is 0 Å². The van der Waals surface area contributed by atoms with Gasteiger partial charge in [0.05, 0.1) is 29.2 Å². The third-order valence-electron chi connectivity index (χ3n) is 7.21. The van der Waals surface area contributed by atoms with Crippen LogP contribution in [0.5, 0.6) is 0 Å². The fourth-order valence-electron chi connectivity index (χ4n) is 5.15. The maximum Gasteiger partial charge on any atom is 0.223 e. The molecule has 2 aliphatic rings. The van der Waals surface area contributed by atoms with E-state index in [4.69, 9.17) is 37.9 Å². The molecule has 1 N–H and O–H groups in total. The monoisotopic (exact) mass is 523 g/mol. The second kappa shape index (κ2) is 9.54. The maximum atomic E-state index is 12.8. The van der Waals surface area contributed by atoms with Gasteiger partial charge in [0, 0.05) is 41.0 Å². The Kier molecular flexibility index (Phi) is 6.23. The van der Waals surface area contributed by atoms with E-state index in [-0.39, 0.29) is 17.9 Å². The summed E-state index contributed by atoms with van der Waals surface area (Å²) in [6, 6.07) is 13.8. The molecular formula is C27H27Cl2N5O2. The number of nitrogens with zero attached hydrogens (tertiary/aromatic N) is 4. The number of fused-ring (bicyclic) bond motifs is 2. The quantitative estimate of drug-likeness (QED) is 0.392. The Labute approximate surface area is 219 Å². The molecule has 0 saturated carbocycles. The molecule has 7 nitrogen and oxygen atoms in total. The number of imidazole rings is 1. The smallest absolute Gasteiger partial charge is 0.223 e. The zero-order valence-electron chi connectivity index (χ0n) is 20.0. The number of nitrogens with one attached hydrogen (secondary N) is 1. The standard InChI is InChI=1S/C27H27Cl2N5O2/c1-16-12-24-23(14-21(16)29)32-27(34(24)25-5-2-18-13-19(28)3-4-22(18)31-25)33-9-6-17(7-10-33)26(35)30-20-8-11-36-15-20/h2-5,12-14,17,20H,6-11,15H2,1H3,(H,30,35). The second-order valence-corrected chi connectivity index (χ2v) is 10.5. The van der Waals surface area contributed by atoms with Crippen molar-refractivity contribution >= 4 is 57.0 Å². The summed E-state index contributed by atoms with van der Waals surface area (Å²) in [5.41, 5.74) is 3.62. The summed E-state index contributed by atoms with van der Waals surface area (Å²) in [6.45, 7) is 4.80. The Morgan fingerprint density at radius 2 is 1.86 bits per heavy atom. The van der Waals surface area contributed by atoms with Crippen molar-refractivity contribution in [2.24, 2.45) is 5.92 Å². The number of anilines is 1. The first kappa shape index (κ1) is 23.5. The molecule has 2 aliphatic heterocycles. The van der Waals surface area contributed by atoms with Crippen LogP contribution in [0.1, 0.15) is 24.8 Å². The number of aryl methyl sites for hydroxylation is 1. The Hall–Kier alpha value is -2.87. The molecule has 0 radical (unpaired) electrons. The minimum absolute atomic E-state index is 0.0000837. The van der Waals surface area contributed by atoms with Gasteiger partial charge in [-0.2, -0.15) is 0 Å². The molecule has 1 unspecified atom stereocenters. The highest BCUT2D eigenvalue weighted by Gasteiger charge is 2.30. The Morgan fingerprint density at radius 1 is 1.03 bits per heavy atom. The molecule has 0 bridgehead atoms. The third-order valence-corrected chi connectivity index (χ3v) is 7.85. The van der Waals surface area contributed by atoms with E-state index in [1.54, 1.807) is 0 Å². The summed E-state index contributed by atoms with van der Waals surface area (Å²) in [6.07, 6.45) is 2.43. The lowest BCUT2D eigenvalue weighted by Gasteiger charge is -2.32. The van der Waals surface area contributed by atoms with Crippen molar-refractivity contribution in [2.75, 3.05) is 31.2 Å². The zero-order chi connectivity index (χ0) is 24.8. The lowest BCUT2D eigenvalue weighted by molar-refractivity contribution is -0.126. The number of halogens is 2. The van der Waals surface area contributed by atoms with E-state index in [1.807, 2.05) is 43.3 Å². The number of carbonyl (C=O) groups excluding carboxylic acids is 1. The lowest BCUT2D eigenvalue weighted by Crippen LogP contribution is -2.44. The van der Waals surface area contributed by atoms with E-state index in [2.05, 4.69) is 20.9 Å². The van der Waals surface area contributed by atoms with Crippen molar-refractivity contribution in [3.05, 3.63) is 58.1 Å². The van der Waals surface area contributed by atoms with Gasteiger partial charge in [0.25, 0.3) is 0 Å². The van der Waals surface area contributed by atoms with Crippen LogP contribution in [-0.2, 0) is 9.53 Å². The fraction of sp³-hybridized carbons (Fsp3) is 0.370. The van der Waals surface area contributed by atoms with Gasteiger partial charge < -0.3 is 15.0 Å². The minimum Gasteiger partial charge on any atom is -0.379 e. The first-order valence-electron chi connectivity index (χ1n) is 12.3. The molecule has 2 aromatic carbocycles. The summed E-state index contributed by atoms with van der Waals surface area (Å²) < 4.78 is 7.50. The van der Waals surface area contributed by atoms with Gasteiger partial charge in [-0.25, -0.2) is 9.97 Å². The van der Waals surface area contributed by atoms with E-state index in [9.17, 15) is 4.79 Å². The minimum atomic E-state index is -0.0000837. The van der Waals surface area contributed by atoms with Crippen molar-refractivity contribution in [1.29, 1.82) is 0 Å². The predicted molar refractivity (Wildman–Crippen MR) is 143 cm³/mol. The summed E-state index contributed by atoms with van der Waals surface area (Å²) in [7, 11) is 0. The number of hydrogen-bond acceptors (Lipinski definition) is 5. The number of rotatable bonds is 4. The zero-order valence-corrected chi connectivity index (χ0v) is 21.5. The first-order chi connectivity index (χ1) is 17.5. The van der Waals surface area contributed by atoms with E-state index in [1.165, 1.54) is 0 Å². The van der Waals surface area contributed by atoms with Crippen LogP contribution in [0.2, 0.25) is 10.0 Å². The van der Waals surface area contributed by atoms with Crippen molar-refractivity contribution in [3.63, 3.8) is 0 Å². The van der Waals surface area contributed by atoms with Crippen molar-refractivity contribution in [1.82, 2.24) is 19.9 Å². The highest BCUT2D eigenvalue weighted by molar-refractivity contribution is 6.32. The molecule has 1 atom stereocenters. The van der Waals surface area contributed by atoms with Crippen LogP contribution in [0.25, 0.3) is 27.8 Å². The van der Waals surface area contributed by atoms with Gasteiger partial charge in [0.15, 0.2) is 0 Å². The number of piperidine rings is 1. The van der Waals surface area contributed by atoms with Crippen LogP contribution in [-0.4, -0.2) is 52.8 Å². The average Bonchev–Trinajstić information content (AvgIpc) is 3.52. The first-order valence-corrected chi connectivity index (χ1v) is 13.1. The predicted octanol–water partition coefficient (Wildman–Crippen LogP) is 5.31. The largest absolute Gasteiger partial charge is 0.379 e. The van der Waals surface area contributed by atoms with Crippen LogP contribution in [0.4, 0.5) is 5.95 Å². The highest BCUT2D eigenvalue weighted by Crippen LogP contribution is 2.33. The van der Waals surface area contributed by atoms with Gasteiger partial charge in [-0.1, -0.05) is 23.2 Å². The van der Waals surface area contributed by atoms with Crippen LogP contribution in [0, 0.1) is 12.8 Å². The van der Waals surface area contributed by atoms with E-state index in [0.717, 1.165) is 78.2 Å². The number of amides is 1. The molecule has 1 amide bonds. The van der Waals surface area contributed by atoms with Gasteiger partial charge in [-0.05, 0) is 74.2 Å². The van der Waals surface area contributed by atoms with Crippen LogP contribution >= 0.6 is 23.2 Å². The molecule has 6 rings (SSSR count). The second-order valence-electron chi connectivity index (χ2n) is 9.67. The fourth-order valence-corrected chi connectivity index (χ4v) is 5.49. The molecule has 186 valence electrons. The molecule has 0 spiro atoms. The molecule has 4 aromatic rings. The molecule has 2 aromatic heterocycles. The van der Waals surface area contributed by atoms with Crippen LogP contribution in [0.3, 0.4) is 0 Å². The third kappa shape index (κ3) is 4.40. The summed E-state index contributed by atoms with van der Waals surface area (Å²) in [5, 5.41) is 5.51. The molecule has 9 heteroatoms. The lowest BCUT2D eigenvalue weighted by atomic mass is 9.95. The Balaban J connectivity index is 1.33. The molecule has 2 fully saturated rings. The Morgan fingerprint density at radius 3 is 2.64 bits per heavy atom. The van der Waals surface area contributed by atoms with Crippen LogP contribution < -0.4 is 10.2 Å². The van der Waals surface area contributed by atoms with Gasteiger partial charge in [-0.3, -0.25) is 9.36 Å². The summed E-state index contributed by atoms with van der Waals surface area (Å²) >= 11 is 12.6. The normalized spacial score (nSPS) is 18.9. The van der Waals surface area contributed by atoms with Gasteiger partial charge in [-0.15, -0.1) is 0 Å². The number of carbonyl (C=O) groups is 1. The highest BCUT2D eigenvalue weighted by atomic mass is 35.5. The number of hydrogen-bond donors (Lipinski definition) is 1.